The van der Waals surface area contributed by atoms with Crippen molar-refractivity contribution in [2.75, 3.05) is 13.2 Å². The van der Waals surface area contributed by atoms with Crippen LogP contribution in [0.2, 0.25) is 0 Å². The molecule has 0 saturated carbocycles. The van der Waals surface area contributed by atoms with Crippen LogP contribution >= 0.6 is 0 Å². The molecule has 6 heteroatoms. The van der Waals surface area contributed by atoms with Crippen LogP contribution in [0.25, 0.3) is 0 Å². The number of carbonyl (C=O) groups is 3. The molecule has 0 fully saturated rings. The largest absolute Gasteiger partial charge is 0.462 e. The van der Waals surface area contributed by atoms with Crippen molar-refractivity contribution < 1.29 is 28.6 Å². The first-order valence-electron chi connectivity index (χ1n) is 31.6. The first-order valence-corrected chi connectivity index (χ1v) is 31.6. The second-order valence-electron chi connectivity index (χ2n) is 20.9. The van der Waals surface area contributed by atoms with E-state index in [0.717, 1.165) is 122 Å². The van der Waals surface area contributed by atoms with Gasteiger partial charge in [0.05, 0.1) is 0 Å². The number of ether oxygens (including phenoxy) is 3. The molecule has 0 spiro atoms. The van der Waals surface area contributed by atoms with Crippen LogP contribution in [-0.2, 0) is 28.6 Å². The fourth-order valence-electron chi connectivity index (χ4n) is 8.91. The van der Waals surface area contributed by atoms with Crippen molar-refractivity contribution in [1.82, 2.24) is 0 Å². The quantitative estimate of drug-likeness (QED) is 0.0261. The van der Waals surface area contributed by atoms with Crippen LogP contribution in [0, 0.1) is 0 Å². The van der Waals surface area contributed by atoms with Gasteiger partial charge in [-0.25, -0.2) is 0 Å². The van der Waals surface area contributed by atoms with E-state index < -0.39 is 6.10 Å². The van der Waals surface area contributed by atoms with E-state index in [0.29, 0.717) is 19.3 Å². The minimum Gasteiger partial charge on any atom is -0.462 e. The standard InChI is InChI=1S/C68H118O6/c1-4-7-10-13-16-19-22-25-28-31-33-34-35-38-40-43-46-49-52-55-58-61-67(70)73-64-65(63-72-66(69)60-57-54-51-48-45-42-39-36-30-27-24-21-18-15-12-9-6-3)74-68(71)62-59-56-53-50-47-44-41-37-32-29-26-23-20-17-14-11-8-5-2/h7,10,16,19-20,23,25,28-29,32-34,38,40,65H,4-6,8-9,11-15,17-18,21-22,24,26-27,30-31,35-37,39,41-64H2,1-3H3/b10-7-,19-16-,23-20-,28-25-,32-29-,34-33-,40-38-. The molecule has 0 aliphatic rings. The summed E-state index contributed by atoms with van der Waals surface area (Å²) in [7, 11) is 0. The van der Waals surface area contributed by atoms with Gasteiger partial charge in [0, 0.05) is 19.3 Å². The van der Waals surface area contributed by atoms with Crippen molar-refractivity contribution in [3.8, 4) is 0 Å². The maximum Gasteiger partial charge on any atom is 0.306 e. The smallest absolute Gasteiger partial charge is 0.306 e. The van der Waals surface area contributed by atoms with E-state index in [-0.39, 0.29) is 31.1 Å². The zero-order chi connectivity index (χ0) is 53.6. The van der Waals surface area contributed by atoms with Gasteiger partial charge in [0.15, 0.2) is 6.10 Å². The van der Waals surface area contributed by atoms with Crippen LogP contribution in [0.5, 0.6) is 0 Å². The van der Waals surface area contributed by atoms with E-state index in [1.807, 2.05) is 0 Å². The monoisotopic (exact) mass is 1030 g/mol. The average Bonchev–Trinajstić information content (AvgIpc) is 3.40. The Kier molecular flexibility index (Phi) is 59.3. The third-order valence-electron chi connectivity index (χ3n) is 13.6. The fraction of sp³-hybridized carbons (Fsp3) is 0.750. The molecule has 6 nitrogen and oxygen atoms in total. The zero-order valence-electron chi connectivity index (χ0n) is 48.8. The molecule has 0 aliphatic carbocycles. The average molecular weight is 1030 g/mol. The molecule has 0 aromatic carbocycles. The van der Waals surface area contributed by atoms with Gasteiger partial charge in [0.2, 0.25) is 0 Å². The predicted octanol–water partition coefficient (Wildman–Crippen LogP) is 21.5. The summed E-state index contributed by atoms with van der Waals surface area (Å²) >= 11 is 0. The van der Waals surface area contributed by atoms with Gasteiger partial charge in [-0.3, -0.25) is 14.4 Å². The Labute approximate surface area is 458 Å². The van der Waals surface area contributed by atoms with Crippen LogP contribution < -0.4 is 0 Å². The number of unbranched alkanes of at least 4 members (excludes halogenated alkanes) is 32. The van der Waals surface area contributed by atoms with E-state index >= 15 is 0 Å². The Bertz CT molecular complexity index is 1420. The molecule has 74 heavy (non-hydrogen) atoms. The summed E-state index contributed by atoms with van der Waals surface area (Å²) in [6.45, 7) is 6.52. The van der Waals surface area contributed by atoms with Crippen LogP contribution in [0.3, 0.4) is 0 Å². The van der Waals surface area contributed by atoms with E-state index in [4.69, 9.17) is 14.2 Å². The van der Waals surface area contributed by atoms with Crippen molar-refractivity contribution in [3.63, 3.8) is 0 Å². The first-order chi connectivity index (χ1) is 36.5. The van der Waals surface area contributed by atoms with E-state index in [9.17, 15) is 14.4 Å². The van der Waals surface area contributed by atoms with E-state index in [2.05, 4.69) is 106 Å². The number of hydrogen-bond donors (Lipinski definition) is 0. The fourth-order valence-corrected chi connectivity index (χ4v) is 8.91. The van der Waals surface area contributed by atoms with Crippen molar-refractivity contribution in [2.24, 2.45) is 0 Å². The van der Waals surface area contributed by atoms with Crippen molar-refractivity contribution in [1.29, 1.82) is 0 Å². The molecule has 0 N–H and O–H groups in total. The molecule has 0 rings (SSSR count). The summed E-state index contributed by atoms with van der Waals surface area (Å²) in [5, 5.41) is 0. The first kappa shape index (κ1) is 70.6. The Hall–Kier alpha value is -3.41. The second kappa shape index (κ2) is 62.1. The summed E-state index contributed by atoms with van der Waals surface area (Å²) in [5.74, 6) is -0.898. The lowest BCUT2D eigenvalue weighted by Crippen LogP contribution is -2.30. The lowest BCUT2D eigenvalue weighted by Gasteiger charge is -2.18. The molecule has 0 aromatic heterocycles. The molecule has 0 saturated heterocycles. The van der Waals surface area contributed by atoms with Gasteiger partial charge >= 0.3 is 17.9 Å². The summed E-state index contributed by atoms with van der Waals surface area (Å²) in [5.41, 5.74) is 0. The summed E-state index contributed by atoms with van der Waals surface area (Å²) in [4.78, 5) is 38.3. The third kappa shape index (κ3) is 59.5. The molecule has 0 heterocycles. The van der Waals surface area contributed by atoms with Crippen LogP contribution in [0.1, 0.15) is 310 Å². The molecule has 1 atom stereocenters. The lowest BCUT2D eigenvalue weighted by molar-refractivity contribution is -0.167. The molecular formula is C68H118O6. The van der Waals surface area contributed by atoms with Gasteiger partial charge in [0.25, 0.3) is 0 Å². The van der Waals surface area contributed by atoms with Crippen molar-refractivity contribution >= 4 is 17.9 Å². The van der Waals surface area contributed by atoms with Gasteiger partial charge in [-0.05, 0) is 96.3 Å². The Morgan fingerprint density at radius 3 is 0.838 bits per heavy atom. The lowest BCUT2D eigenvalue weighted by atomic mass is 10.0. The highest BCUT2D eigenvalue weighted by molar-refractivity contribution is 5.71. The molecule has 426 valence electrons. The van der Waals surface area contributed by atoms with Crippen LogP contribution in [0.15, 0.2) is 85.1 Å². The summed E-state index contributed by atoms with van der Waals surface area (Å²) in [6, 6.07) is 0. The number of carbonyl (C=O) groups excluding carboxylic acids is 3. The molecule has 0 amide bonds. The molecule has 0 radical (unpaired) electrons. The van der Waals surface area contributed by atoms with Gasteiger partial charge in [-0.1, -0.05) is 279 Å². The highest BCUT2D eigenvalue weighted by Gasteiger charge is 2.19. The Balaban J connectivity index is 4.42. The molecular weight excluding hydrogens is 913 g/mol. The molecule has 1 unspecified atom stereocenters. The number of allylic oxidation sites excluding steroid dienone is 14. The molecule has 0 bridgehead atoms. The minimum atomic E-state index is -0.789. The van der Waals surface area contributed by atoms with Crippen molar-refractivity contribution in [3.05, 3.63) is 85.1 Å². The predicted molar refractivity (Wildman–Crippen MR) is 321 cm³/mol. The third-order valence-corrected chi connectivity index (χ3v) is 13.6. The SMILES string of the molecule is CC/C=C\C/C=C\C/C=C\C/C=C\C/C=C\CCCCCCCC(=O)OCC(COC(=O)CCCCCCCCCCCCCCCCCCC)OC(=O)CCCCCCCCC/C=C\C/C=C\CCCCCC. The maximum absolute atomic E-state index is 12.9. The van der Waals surface area contributed by atoms with Gasteiger partial charge in [-0.2, -0.15) is 0 Å². The number of esters is 3. The topological polar surface area (TPSA) is 78.9 Å². The highest BCUT2D eigenvalue weighted by Crippen LogP contribution is 2.16. The Morgan fingerprint density at radius 2 is 0.527 bits per heavy atom. The molecule has 0 aromatic rings. The van der Waals surface area contributed by atoms with Gasteiger partial charge < -0.3 is 14.2 Å². The van der Waals surface area contributed by atoms with Crippen molar-refractivity contribution in [2.45, 2.75) is 316 Å². The Morgan fingerprint density at radius 1 is 0.284 bits per heavy atom. The van der Waals surface area contributed by atoms with Crippen LogP contribution in [-0.4, -0.2) is 37.2 Å². The normalized spacial score (nSPS) is 12.6. The van der Waals surface area contributed by atoms with Gasteiger partial charge in [-0.15, -0.1) is 0 Å². The summed E-state index contributed by atoms with van der Waals surface area (Å²) in [6.07, 6.45) is 81.5. The highest BCUT2D eigenvalue weighted by atomic mass is 16.6. The van der Waals surface area contributed by atoms with E-state index in [1.165, 1.54) is 148 Å². The summed E-state index contributed by atoms with van der Waals surface area (Å²) < 4.78 is 16.9. The molecule has 0 aliphatic heterocycles. The maximum atomic E-state index is 12.9. The van der Waals surface area contributed by atoms with E-state index in [1.54, 1.807) is 0 Å². The zero-order valence-corrected chi connectivity index (χ0v) is 48.8. The number of rotatable bonds is 57. The second-order valence-corrected chi connectivity index (χ2v) is 20.9. The minimum absolute atomic E-state index is 0.0836. The van der Waals surface area contributed by atoms with Gasteiger partial charge in [0.1, 0.15) is 13.2 Å². The van der Waals surface area contributed by atoms with Crippen LogP contribution in [0.4, 0.5) is 0 Å². The number of hydrogen-bond acceptors (Lipinski definition) is 6.